The summed E-state index contributed by atoms with van der Waals surface area (Å²) in [5, 5.41) is 0. The van der Waals surface area contributed by atoms with Crippen molar-refractivity contribution in [3.8, 4) is 0 Å². The molecule has 0 heterocycles. The molecule has 0 aromatic heterocycles. The van der Waals surface area contributed by atoms with Gasteiger partial charge in [0.15, 0.2) is 0 Å². The fraction of sp³-hybridized carbons (Fsp3) is 0.300. The highest BCUT2D eigenvalue weighted by molar-refractivity contribution is 5.65. The predicted octanol–water partition coefficient (Wildman–Crippen LogP) is 1.80. The van der Waals surface area contributed by atoms with E-state index in [-0.39, 0.29) is 12.1 Å². The van der Waals surface area contributed by atoms with Gasteiger partial charge in [-0.25, -0.2) is 4.79 Å². The van der Waals surface area contributed by atoms with Gasteiger partial charge in [-0.2, -0.15) is 13.2 Å². The van der Waals surface area contributed by atoms with Crippen molar-refractivity contribution in [2.45, 2.75) is 12.3 Å². The first-order chi connectivity index (χ1) is 7.86. The van der Waals surface area contributed by atoms with E-state index in [4.69, 9.17) is 11.5 Å². The van der Waals surface area contributed by atoms with Crippen LogP contribution < -0.4 is 11.5 Å². The van der Waals surface area contributed by atoms with E-state index in [1.165, 1.54) is 18.2 Å². The van der Waals surface area contributed by atoms with Crippen molar-refractivity contribution in [3.63, 3.8) is 0 Å². The third-order valence-corrected chi connectivity index (χ3v) is 2.09. The number of benzene rings is 1. The normalized spacial score (nSPS) is 13.2. The number of carbonyl (C=O) groups excluding carboxylic acids is 1. The summed E-state index contributed by atoms with van der Waals surface area (Å²) in [6.07, 6.45) is -6.91. The number of hydrogen-bond donors (Lipinski definition) is 2. The summed E-state index contributed by atoms with van der Waals surface area (Å²) in [5.41, 5.74) is 8.93. The Morgan fingerprint density at radius 2 is 1.94 bits per heavy atom. The van der Waals surface area contributed by atoms with Gasteiger partial charge in [-0.05, 0) is 6.07 Å². The number of primary amides is 1. The molecule has 4 N–H and O–H groups in total. The predicted molar refractivity (Wildman–Crippen MR) is 53.9 cm³/mol. The van der Waals surface area contributed by atoms with Crippen molar-refractivity contribution >= 4 is 6.09 Å². The van der Waals surface area contributed by atoms with Crippen molar-refractivity contribution in [1.29, 1.82) is 0 Å². The quantitative estimate of drug-likeness (QED) is 0.856. The molecule has 0 spiro atoms. The molecule has 1 aromatic rings. The van der Waals surface area contributed by atoms with Crippen molar-refractivity contribution < 1.29 is 22.7 Å². The van der Waals surface area contributed by atoms with Crippen LogP contribution in [0.25, 0.3) is 0 Å². The molecule has 0 aliphatic heterocycles. The molecule has 0 fully saturated rings. The first-order valence-corrected chi connectivity index (χ1v) is 4.68. The van der Waals surface area contributed by atoms with Gasteiger partial charge in [-0.15, -0.1) is 0 Å². The Bertz CT molecular complexity index is 407. The number of carbonyl (C=O) groups is 1. The van der Waals surface area contributed by atoms with E-state index >= 15 is 0 Å². The van der Waals surface area contributed by atoms with Gasteiger partial charge in [0.05, 0.1) is 5.56 Å². The van der Waals surface area contributed by atoms with Crippen LogP contribution in [0.1, 0.15) is 17.2 Å². The molecule has 4 nitrogen and oxygen atoms in total. The standard InChI is InChI=1S/C10H11F3N2O2/c11-10(12,13)7-4-2-1-3-6(7)8(5-14)17-9(15)16/h1-4,8H,5,14H2,(H2,15,16). The van der Waals surface area contributed by atoms with Crippen LogP contribution in [0, 0.1) is 0 Å². The summed E-state index contributed by atoms with van der Waals surface area (Å²) in [7, 11) is 0. The number of alkyl halides is 3. The second-order valence-corrected chi connectivity index (χ2v) is 3.25. The van der Waals surface area contributed by atoms with Crippen molar-refractivity contribution in [3.05, 3.63) is 35.4 Å². The van der Waals surface area contributed by atoms with Gasteiger partial charge in [0.1, 0.15) is 6.10 Å². The van der Waals surface area contributed by atoms with E-state index in [0.29, 0.717) is 0 Å². The first kappa shape index (κ1) is 13.3. The van der Waals surface area contributed by atoms with Crippen LogP contribution in [-0.4, -0.2) is 12.6 Å². The summed E-state index contributed by atoms with van der Waals surface area (Å²) >= 11 is 0. The largest absolute Gasteiger partial charge is 0.440 e. The van der Waals surface area contributed by atoms with Gasteiger partial charge >= 0.3 is 12.3 Å². The maximum atomic E-state index is 12.7. The Morgan fingerprint density at radius 1 is 1.35 bits per heavy atom. The van der Waals surface area contributed by atoms with Crippen LogP contribution in [0.15, 0.2) is 24.3 Å². The fourth-order valence-electron chi connectivity index (χ4n) is 1.41. The van der Waals surface area contributed by atoms with E-state index < -0.39 is 23.9 Å². The van der Waals surface area contributed by atoms with Crippen LogP contribution in [0.2, 0.25) is 0 Å². The molecule has 0 saturated carbocycles. The van der Waals surface area contributed by atoms with Crippen molar-refractivity contribution in [1.82, 2.24) is 0 Å². The van der Waals surface area contributed by atoms with E-state index in [2.05, 4.69) is 4.74 Å². The Balaban J connectivity index is 3.15. The lowest BCUT2D eigenvalue weighted by Crippen LogP contribution is -2.25. The molecule has 1 amide bonds. The number of ether oxygens (including phenoxy) is 1. The number of halogens is 3. The highest BCUT2D eigenvalue weighted by Crippen LogP contribution is 2.35. The molecule has 1 unspecified atom stereocenters. The monoisotopic (exact) mass is 248 g/mol. The maximum Gasteiger partial charge on any atom is 0.416 e. The summed E-state index contributed by atoms with van der Waals surface area (Å²) in [6, 6.07) is 4.73. The van der Waals surface area contributed by atoms with Gasteiger partial charge in [0.2, 0.25) is 0 Å². The molecule has 7 heteroatoms. The van der Waals surface area contributed by atoms with Crippen molar-refractivity contribution in [2.24, 2.45) is 11.5 Å². The number of nitrogens with two attached hydrogens (primary N) is 2. The summed E-state index contributed by atoms with van der Waals surface area (Å²) in [5.74, 6) is 0. The Morgan fingerprint density at radius 3 is 2.41 bits per heavy atom. The smallest absolute Gasteiger partial charge is 0.416 e. The molecule has 0 radical (unpaired) electrons. The third-order valence-electron chi connectivity index (χ3n) is 2.09. The highest BCUT2D eigenvalue weighted by atomic mass is 19.4. The topological polar surface area (TPSA) is 78.3 Å². The molecule has 0 saturated heterocycles. The summed E-state index contributed by atoms with van der Waals surface area (Å²) < 4.78 is 42.5. The molecule has 1 rings (SSSR count). The summed E-state index contributed by atoms with van der Waals surface area (Å²) in [4.78, 5) is 10.6. The van der Waals surface area contributed by atoms with E-state index in [1.807, 2.05) is 0 Å². The van der Waals surface area contributed by atoms with E-state index in [0.717, 1.165) is 6.07 Å². The molecule has 94 valence electrons. The average Bonchev–Trinajstić information content (AvgIpc) is 2.24. The molecule has 0 aliphatic rings. The molecule has 1 atom stereocenters. The van der Waals surface area contributed by atoms with E-state index in [1.54, 1.807) is 0 Å². The molecular weight excluding hydrogens is 237 g/mol. The minimum atomic E-state index is -4.54. The lowest BCUT2D eigenvalue weighted by Gasteiger charge is -2.19. The second kappa shape index (κ2) is 5.05. The van der Waals surface area contributed by atoms with Crippen LogP contribution in [-0.2, 0) is 10.9 Å². The number of amides is 1. The lowest BCUT2D eigenvalue weighted by atomic mass is 10.0. The second-order valence-electron chi connectivity index (χ2n) is 3.25. The molecule has 1 aromatic carbocycles. The molecule has 0 bridgehead atoms. The van der Waals surface area contributed by atoms with E-state index in [9.17, 15) is 18.0 Å². The first-order valence-electron chi connectivity index (χ1n) is 4.68. The zero-order valence-corrected chi connectivity index (χ0v) is 8.70. The molecule has 17 heavy (non-hydrogen) atoms. The Kier molecular flexibility index (Phi) is 3.95. The van der Waals surface area contributed by atoms with Gasteiger partial charge in [0.25, 0.3) is 0 Å². The van der Waals surface area contributed by atoms with Crippen LogP contribution in [0.3, 0.4) is 0 Å². The minimum absolute atomic E-state index is 0.207. The van der Waals surface area contributed by atoms with Crippen LogP contribution >= 0.6 is 0 Å². The number of rotatable bonds is 3. The summed E-state index contributed by atoms with van der Waals surface area (Å²) in [6.45, 7) is -0.282. The van der Waals surface area contributed by atoms with Gasteiger partial charge < -0.3 is 16.2 Å². The van der Waals surface area contributed by atoms with Crippen LogP contribution in [0.4, 0.5) is 18.0 Å². The van der Waals surface area contributed by atoms with Gasteiger partial charge in [0, 0.05) is 12.1 Å². The lowest BCUT2D eigenvalue weighted by molar-refractivity contribution is -0.139. The SMILES string of the molecule is NCC(OC(N)=O)c1ccccc1C(F)(F)F. The Labute approximate surface area is 95.3 Å². The molecule has 0 aliphatic carbocycles. The minimum Gasteiger partial charge on any atom is -0.440 e. The van der Waals surface area contributed by atoms with Crippen LogP contribution in [0.5, 0.6) is 0 Å². The van der Waals surface area contributed by atoms with Gasteiger partial charge in [-0.1, -0.05) is 18.2 Å². The third kappa shape index (κ3) is 3.35. The zero-order chi connectivity index (χ0) is 13.1. The Hall–Kier alpha value is -1.76. The fourth-order valence-corrected chi connectivity index (χ4v) is 1.41. The highest BCUT2D eigenvalue weighted by Gasteiger charge is 2.35. The van der Waals surface area contributed by atoms with Gasteiger partial charge in [-0.3, -0.25) is 0 Å². The molecular formula is C10H11F3N2O2. The maximum absolute atomic E-state index is 12.7. The average molecular weight is 248 g/mol. The zero-order valence-electron chi connectivity index (χ0n) is 8.70. The van der Waals surface area contributed by atoms with Crippen molar-refractivity contribution in [2.75, 3.05) is 6.54 Å². The number of hydrogen-bond acceptors (Lipinski definition) is 3.